The van der Waals surface area contributed by atoms with E-state index in [4.69, 9.17) is 4.74 Å². The van der Waals surface area contributed by atoms with E-state index in [0.29, 0.717) is 4.47 Å². The van der Waals surface area contributed by atoms with Crippen molar-refractivity contribution in [3.8, 4) is 5.88 Å². The van der Waals surface area contributed by atoms with Crippen LogP contribution in [0.3, 0.4) is 0 Å². The lowest BCUT2D eigenvalue weighted by Crippen LogP contribution is -2.12. The predicted octanol–water partition coefficient (Wildman–Crippen LogP) is 2.04. The molecule has 0 saturated carbocycles. The minimum atomic E-state index is -0.598. The van der Waals surface area contributed by atoms with Crippen LogP contribution in [0.2, 0.25) is 0 Å². The molecule has 0 bridgehead atoms. The topological polar surface area (TPSA) is 56.3 Å². The molecule has 0 aliphatic carbocycles. The molecular formula is C10H10BrNO3. The number of aryl methyl sites for hydroxylation is 1. The van der Waals surface area contributed by atoms with Gasteiger partial charge in [0.2, 0.25) is 5.88 Å². The highest BCUT2D eigenvalue weighted by molar-refractivity contribution is 9.10. The van der Waals surface area contributed by atoms with Gasteiger partial charge in [0.05, 0.1) is 4.47 Å². The summed E-state index contributed by atoms with van der Waals surface area (Å²) in [4.78, 5) is 25.7. The first-order valence-corrected chi connectivity index (χ1v) is 5.10. The summed E-state index contributed by atoms with van der Waals surface area (Å²) in [6.45, 7) is 3.21. The average molecular weight is 272 g/mol. The van der Waals surface area contributed by atoms with Crippen molar-refractivity contribution in [1.29, 1.82) is 0 Å². The number of nitrogens with zero attached hydrogens (tertiary/aromatic N) is 1. The molecule has 15 heavy (non-hydrogen) atoms. The first kappa shape index (κ1) is 11.8. The molecule has 1 heterocycles. The monoisotopic (exact) mass is 271 g/mol. The Hall–Kier alpha value is -1.23. The highest BCUT2D eigenvalue weighted by Gasteiger charge is 2.11. The van der Waals surface area contributed by atoms with Gasteiger partial charge in [-0.2, -0.15) is 0 Å². The maximum absolute atomic E-state index is 11.2. The minimum absolute atomic E-state index is 0.187. The molecule has 0 aromatic carbocycles. The van der Waals surface area contributed by atoms with E-state index in [1.54, 1.807) is 12.3 Å². The van der Waals surface area contributed by atoms with E-state index in [1.165, 1.54) is 6.92 Å². The van der Waals surface area contributed by atoms with Gasteiger partial charge in [0.1, 0.15) is 12.2 Å². The normalized spacial score (nSPS) is 9.80. The van der Waals surface area contributed by atoms with Crippen molar-refractivity contribution >= 4 is 27.7 Å². The van der Waals surface area contributed by atoms with Gasteiger partial charge in [-0.05, 0) is 41.4 Å². The fourth-order valence-electron chi connectivity index (χ4n) is 0.943. The first-order chi connectivity index (χ1) is 6.99. The third-order valence-corrected chi connectivity index (χ3v) is 2.12. The molecule has 0 aliphatic heterocycles. The van der Waals surface area contributed by atoms with E-state index in [2.05, 4.69) is 20.9 Å². The summed E-state index contributed by atoms with van der Waals surface area (Å²) in [6, 6.07) is 1.78. The summed E-state index contributed by atoms with van der Waals surface area (Å²) < 4.78 is 5.49. The number of esters is 1. The molecule has 80 valence electrons. The molecule has 0 fully saturated rings. The average Bonchev–Trinajstić information content (AvgIpc) is 2.08. The van der Waals surface area contributed by atoms with Crippen LogP contribution in [-0.4, -0.2) is 16.7 Å². The summed E-state index contributed by atoms with van der Waals surface area (Å²) in [5.74, 6) is -0.644. The summed E-state index contributed by atoms with van der Waals surface area (Å²) in [5, 5.41) is 0. The van der Waals surface area contributed by atoms with E-state index in [-0.39, 0.29) is 18.1 Å². The molecule has 0 atom stereocenters. The van der Waals surface area contributed by atoms with Gasteiger partial charge < -0.3 is 4.74 Å². The molecule has 4 nitrogen and oxygen atoms in total. The van der Waals surface area contributed by atoms with Gasteiger partial charge in [-0.25, -0.2) is 4.98 Å². The van der Waals surface area contributed by atoms with Crippen LogP contribution in [0.25, 0.3) is 0 Å². The molecule has 0 radical (unpaired) electrons. The third-order valence-electron chi connectivity index (χ3n) is 1.55. The zero-order valence-corrected chi connectivity index (χ0v) is 10.00. The van der Waals surface area contributed by atoms with Gasteiger partial charge >= 0.3 is 5.97 Å². The fraction of sp³-hybridized carbons (Fsp3) is 0.300. The Balaban J connectivity index is 2.72. The lowest BCUT2D eigenvalue weighted by Gasteiger charge is -2.04. The Bertz CT molecular complexity index is 404. The van der Waals surface area contributed by atoms with Gasteiger partial charge in [0, 0.05) is 6.20 Å². The van der Waals surface area contributed by atoms with E-state index in [9.17, 15) is 9.59 Å². The summed E-state index contributed by atoms with van der Waals surface area (Å²) >= 11 is 3.22. The highest BCUT2D eigenvalue weighted by Crippen LogP contribution is 2.22. The summed E-state index contributed by atoms with van der Waals surface area (Å²) in [6.07, 6.45) is 1.35. The van der Waals surface area contributed by atoms with Crippen LogP contribution >= 0.6 is 15.9 Å². The van der Waals surface area contributed by atoms with Gasteiger partial charge in [0.25, 0.3) is 0 Å². The number of rotatable bonds is 3. The molecule has 1 rings (SSSR count). The Morgan fingerprint density at radius 3 is 2.73 bits per heavy atom. The van der Waals surface area contributed by atoms with Crippen molar-refractivity contribution in [2.75, 3.05) is 0 Å². The lowest BCUT2D eigenvalue weighted by molar-refractivity contribution is -0.137. The Kier molecular flexibility index (Phi) is 3.96. The van der Waals surface area contributed by atoms with E-state index < -0.39 is 5.97 Å². The predicted molar refractivity (Wildman–Crippen MR) is 57.6 cm³/mol. The number of ketones is 1. The Labute approximate surface area is 95.8 Å². The second-order valence-corrected chi connectivity index (χ2v) is 4.01. The number of pyridine rings is 1. The molecule has 0 N–H and O–H groups in total. The largest absolute Gasteiger partial charge is 0.406 e. The molecule has 0 aliphatic rings. The maximum Gasteiger partial charge on any atom is 0.320 e. The third kappa shape index (κ3) is 3.79. The number of hydrogen-bond donors (Lipinski definition) is 0. The molecule has 0 amide bonds. The lowest BCUT2D eigenvalue weighted by atomic mass is 10.3. The zero-order valence-electron chi connectivity index (χ0n) is 8.41. The smallest absolute Gasteiger partial charge is 0.320 e. The maximum atomic E-state index is 11.2. The van der Waals surface area contributed by atoms with Crippen LogP contribution in [0.1, 0.15) is 18.9 Å². The second-order valence-electron chi connectivity index (χ2n) is 3.15. The van der Waals surface area contributed by atoms with E-state index in [1.807, 2.05) is 6.92 Å². The van der Waals surface area contributed by atoms with Gasteiger partial charge in [-0.1, -0.05) is 0 Å². The molecular weight excluding hydrogens is 262 g/mol. The van der Waals surface area contributed by atoms with E-state index in [0.717, 1.165) is 5.56 Å². The van der Waals surface area contributed by atoms with Crippen molar-refractivity contribution in [3.05, 3.63) is 22.3 Å². The van der Waals surface area contributed by atoms with Crippen molar-refractivity contribution in [2.45, 2.75) is 20.3 Å². The van der Waals surface area contributed by atoms with Crippen LogP contribution in [-0.2, 0) is 9.59 Å². The first-order valence-electron chi connectivity index (χ1n) is 4.31. The van der Waals surface area contributed by atoms with Crippen LogP contribution < -0.4 is 4.74 Å². The van der Waals surface area contributed by atoms with E-state index >= 15 is 0 Å². The number of ether oxygens (including phenoxy) is 1. The van der Waals surface area contributed by atoms with Crippen molar-refractivity contribution < 1.29 is 14.3 Å². The van der Waals surface area contributed by atoms with Gasteiger partial charge in [-0.15, -0.1) is 0 Å². The van der Waals surface area contributed by atoms with Crippen LogP contribution in [0.5, 0.6) is 5.88 Å². The molecule has 0 saturated heterocycles. The van der Waals surface area contributed by atoms with Crippen LogP contribution in [0.15, 0.2) is 16.7 Å². The molecule has 0 spiro atoms. The number of hydrogen-bond acceptors (Lipinski definition) is 4. The standard InChI is InChI=1S/C10H10BrNO3/c1-6-3-8(11)10(12-5-6)15-9(14)4-7(2)13/h3,5H,4H2,1-2H3. The quantitative estimate of drug-likeness (QED) is 0.624. The number of halogens is 1. The highest BCUT2D eigenvalue weighted by atomic mass is 79.9. The molecule has 5 heteroatoms. The number of carbonyl (C=O) groups excluding carboxylic acids is 2. The van der Waals surface area contributed by atoms with Gasteiger partial charge in [0.15, 0.2) is 0 Å². The SMILES string of the molecule is CC(=O)CC(=O)Oc1ncc(C)cc1Br. The van der Waals surface area contributed by atoms with Crippen molar-refractivity contribution in [2.24, 2.45) is 0 Å². The van der Waals surface area contributed by atoms with Crippen LogP contribution in [0, 0.1) is 6.92 Å². The van der Waals surface area contributed by atoms with Crippen molar-refractivity contribution in [3.63, 3.8) is 0 Å². The second kappa shape index (κ2) is 5.02. The number of carbonyl (C=O) groups is 2. The fourth-order valence-corrected chi connectivity index (χ4v) is 1.49. The number of aromatic nitrogens is 1. The number of Topliss-reactive ketones (excluding diaryl/α,β-unsaturated/α-hetero) is 1. The zero-order chi connectivity index (χ0) is 11.4. The summed E-state index contributed by atoms with van der Waals surface area (Å²) in [5.41, 5.74) is 0.952. The molecule has 1 aromatic rings. The molecule has 1 aromatic heterocycles. The van der Waals surface area contributed by atoms with Crippen LogP contribution in [0.4, 0.5) is 0 Å². The molecule has 0 unspecified atom stereocenters. The summed E-state index contributed by atoms with van der Waals surface area (Å²) in [7, 11) is 0. The Morgan fingerprint density at radius 1 is 1.53 bits per heavy atom. The van der Waals surface area contributed by atoms with Crippen molar-refractivity contribution in [1.82, 2.24) is 4.98 Å². The minimum Gasteiger partial charge on any atom is -0.406 e. The Morgan fingerprint density at radius 2 is 2.20 bits per heavy atom. The van der Waals surface area contributed by atoms with Gasteiger partial charge in [-0.3, -0.25) is 9.59 Å².